The van der Waals surface area contributed by atoms with E-state index in [1.807, 2.05) is 0 Å². The van der Waals surface area contributed by atoms with Gasteiger partial charge in [0.25, 0.3) is 0 Å². The van der Waals surface area contributed by atoms with Crippen LogP contribution >= 0.6 is 59.0 Å². The van der Waals surface area contributed by atoms with Gasteiger partial charge in [-0.1, -0.05) is 26.4 Å². The summed E-state index contributed by atoms with van der Waals surface area (Å²) in [6.07, 6.45) is 0. The molecule has 0 spiro atoms. The fraction of sp³-hybridized carbons (Fsp3) is 0.400. The van der Waals surface area contributed by atoms with Crippen molar-refractivity contribution in [3.63, 3.8) is 0 Å². The van der Waals surface area contributed by atoms with Crippen LogP contribution in [0, 0.1) is 0 Å². The maximum absolute atomic E-state index is 2.80. The summed E-state index contributed by atoms with van der Waals surface area (Å²) in [4.78, 5) is 0. The van der Waals surface area contributed by atoms with E-state index in [1.165, 1.54) is 0 Å². The maximum Gasteiger partial charge on any atom is 0.429 e. The molecule has 2 rings (SSSR count). The predicted octanol–water partition coefficient (Wildman–Crippen LogP) is 3.81. The lowest BCUT2D eigenvalue weighted by Gasteiger charge is -2.34. The standard InChI is InChI=1S/C10H16BI2P2/c1-14(2)9-7-5-6-8-10(9)15(3,4)11(14,12)13/h5-8H,1-4H3/q+1. The first-order chi connectivity index (χ1) is 6.73. The van der Waals surface area contributed by atoms with E-state index in [-0.39, 0.29) is 1.30 Å². The zero-order valence-electron chi connectivity index (χ0n) is 9.54. The molecule has 0 fully saturated rings. The predicted molar refractivity (Wildman–Crippen MR) is 97.0 cm³/mol. The van der Waals surface area contributed by atoms with Crippen molar-refractivity contribution in [2.24, 2.45) is 0 Å². The Labute approximate surface area is 121 Å². The first-order valence-corrected chi connectivity index (χ1v) is 13.0. The highest BCUT2D eigenvalue weighted by molar-refractivity contribution is 14.3. The number of rotatable bonds is 0. The van der Waals surface area contributed by atoms with Crippen molar-refractivity contribution in [3.05, 3.63) is 24.3 Å². The fourth-order valence-electron chi connectivity index (χ4n) is 2.50. The Bertz CT molecular complexity index is 379. The van der Waals surface area contributed by atoms with Gasteiger partial charge in [-0.25, -0.2) is 44.7 Å². The molecule has 0 aromatic heterocycles. The molecule has 1 aromatic rings. The van der Waals surface area contributed by atoms with E-state index in [0.717, 1.165) is 0 Å². The van der Waals surface area contributed by atoms with Crippen LogP contribution in [0.1, 0.15) is 0 Å². The summed E-state index contributed by atoms with van der Waals surface area (Å²) in [5.41, 5.74) is 0. The second-order valence-electron chi connectivity index (χ2n) is 5.16. The molecular formula is C10H16BI2P2+. The topological polar surface area (TPSA) is 0 Å². The molecule has 1 aliphatic rings. The summed E-state index contributed by atoms with van der Waals surface area (Å²) >= 11 is 5.59. The van der Waals surface area contributed by atoms with Crippen LogP contribution in [0.2, 0.25) is 0 Å². The number of hydrogen-bond acceptors (Lipinski definition) is 0. The van der Waals surface area contributed by atoms with Crippen LogP contribution in [-0.4, -0.2) is 28.0 Å². The van der Waals surface area contributed by atoms with Crippen molar-refractivity contribution < 1.29 is 0 Å². The van der Waals surface area contributed by atoms with Gasteiger partial charge in [0.2, 0.25) is 0 Å². The number of fused-ring (bicyclic) bond motifs is 1. The van der Waals surface area contributed by atoms with Crippen LogP contribution in [0.15, 0.2) is 24.3 Å². The van der Waals surface area contributed by atoms with Crippen molar-refractivity contribution in [1.82, 2.24) is 0 Å². The van der Waals surface area contributed by atoms with Crippen molar-refractivity contribution >= 4 is 70.9 Å². The van der Waals surface area contributed by atoms with Crippen molar-refractivity contribution in [3.8, 4) is 0 Å². The molecule has 0 saturated carbocycles. The molecule has 1 heterocycles. The van der Waals surface area contributed by atoms with Crippen LogP contribution in [0.3, 0.4) is 0 Å². The van der Waals surface area contributed by atoms with E-state index in [1.54, 1.807) is 10.6 Å². The third-order valence-corrected chi connectivity index (χ3v) is 30.4. The maximum atomic E-state index is 2.80. The molecule has 0 unspecified atom stereocenters. The van der Waals surface area contributed by atoms with Crippen molar-refractivity contribution in [2.45, 2.75) is 0 Å². The molecule has 0 saturated heterocycles. The van der Waals surface area contributed by atoms with E-state index in [0.29, 0.717) is 0 Å². The van der Waals surface area contributed by atoms with Gasteiger partial charge in [0.05, 0.1) is 10.6 Å². The molecule has 15 heavy (non-hydrogen) atoms. The van der Waals surface area contributed by atoms with E-state index >= 15 is 0 Å². The van der Waals surface area contributed by atoms with Crippen LogP contribution in [-0.2, 0) is 0 Å². The Morgan fingerprint density at radius 1 is 0.867 bits per heavy atom. The van der Waals surface area contributed by atoms with Crippen LogP contribution < -0.4 is 10.6 Å². The van der Waals surface area contributed by atoms with Crippen molar-refractivity contribution in [2.75, 3.05) is 26.7 Å². The van der Waals surface area contributed by atoms with Crippen molar-refractivity contribution in [1.29, 1.82) is 0 Å². The van der Waals surface area contributed by atoms with E-state index in [9.17, 15) is 0 Å². The molecular weight excluding hydrogens is 447 g/mol. The summed E-state index contributed by atoms with van der Waals surface area (Å²) in [5, 5.41) is 3.40. The molecule has 0 aliphatic carbocycles. The lowest BCUT2D eigenvalue weighted by atomic mass is 10.4. The molecule has 0 atom stereocenters. The quantitative estimate of drug-likeness (QED) is 0.312. The largest absolute Gasteiger partial charge is 0.429 e. The number of halogens is 2. The Morgan fingerprint density at radius 2 is 1.20 bits per heavy atom. The number of hydrogen-bond donors (Lipinski definition) is 0. The smallest absolute Gasteiger partial charge is 0.226 e. The van der Waals surface area contributed by atoms with Gasteiger partial charge in [-0.05, 0) is 12.1 Å². The highest BCUT2D eigenvalue weighted by atomic mass is 127. The Morgan fingerprint density at radius 3 is 1.53 bits per heavy atom. The Kier molecular flexibility index (Phi) is 3.30. The third kappa shape index (κ3) is 1.59. The third-order valence-electron chi connectivity index (χ3n) is 3.68. The van der Waals surface area contributed by atoms with Crippen LogP contribution in [0.25, 0.3) is 0 Å². The summed E-state index contributed by atoms with van der Waals surface area (Å²) in [7, 11) is -1.84. The second kappa shape index (κ2) is 3.80. The normalized spacial score (nSPS) is 24.9. The first-order valence-electron chi connectivity index (χ1n) is 5.02. The molecule has 1 aromatic carbocycles. The van der Waals surface area contributed by atoms with Crippen LogP contribution in [0.5, 0.6) is 0 Å². The summed E-state index contributed by atoms with van der Waals surface area (Å²) < 4.78 is -0.260. The second-order valence-corrected chi connectivity index (χ2v) is 24.3. The zero-order valence-corrected chi connectivity index (χ0v) is 15.6. The Balaban J connectivity index is 2.78. The average Bonchev–Trinajstić information content (AvgIpc) is 2.26. The molecule has 0 bridgehead atoms. The molecule has 0 nitrogen and oxygen atoms in total. The molecule has 82 valence electrons. The minimum Gasteiger partial charge on any atom is -0.226 e. The minimum absolute atomic E-state index is 0.260. The van der Waals surface area contributed by atoms with Gasteiger partial charge >= 0.3 is 1.30 Å². The van der Waals surface area contributed by atoms with E-state index in [2.05, 4.69) is 95.7 Å². The fourth-order valence-corrected chi connectivity index (χ4v) is 17.1. The first kappa shape index (κ1) is 13.0. The summed E-state index contributed by atoms with van der Waals surface area (Å²) in [6, 6.07) is 9.19. The minimum atomic E-state index is -0.922. The van der Waals surface area contributed by atoms with Crippen LogP contribution in [0.4, 0.5) is 0 Å². The molecule has 0 amide bonds. The molecule has 0 radical (unpaired) electrons. The number of benzene rings is 1. The van der Waals surface area contributed by atoms with Gasteiger partial charge in [-0.15, -0.1) is 0 Å². The van der Waals surface area contributed by atoms with Gasteiger partial charge < -0.3 is 0 Å². The highest BCUT2D eigenvalue weighted by Gasteiger charge is 2.68. The molecule has 5 heteroatoms. The molecule has 0 N–H and O–H groups in total. The summed E-state index contributed by atoms with van der Waals surface area (Å²) in [6.45, 7) is 10.1. The SMILES string of the molecule is C[P+]1(C)c2ccccc2[P+](C)(C)[B-]1(I)I. The molecule has 1 aliphatic heterocycles. The van der Waals surface area contributed by atoms with Gasteiger partial charge in [0.1, 0.15) is 0 Å². The van der Waals surface area contributed by atoms with E-state index in [4.69, 9.17) is 0 Å². The van der Waals surface area contributed by atoms with Gasteiger partial charge in [0, 0.05) is 26.7 Å². The lowest BCUT2D eigenvalue weighted by Crippen LogP contribution is -2.23. The van der Waals surface area contributed by atoms with Gasteiger partial charge in [-0.3, -0.25) is 0 Å². The lowest BCUT2D eigenvalue weighted by molar-refractivity contribution is 1.81. The monoisotopic (exact) mass is 463 g/mol. The van der Waals surface area contributed by atoms with Gasteiger partial charge in [0.15, 0.2) is 0 Å². The van der Waals surface area contributed by atoms with E-state index < -0.39 is 14.3 Å². The van der Waals surface area contributed by atoms with Gasteiger partial charge in [-0.2, -0.15) is 0 Å². The zero-order chi connectivity index (χ0) is 11.5. The Hall–Kier alpha value is 1.60. The highest BCUT2D eigenvalue weighted by Crippen LogP contribution is 2.86. The average molecular weight is 463 g/mol. The summed E-state index contributed by atoms with van der Waals surface area (Å²) in [5.74, 6) is 0.